The molecule has 0 fully saturated rings. The Labute approximate surface area is 185 Å². The number of amides is 2. The van der Waals surface area contributed by atoms with Gasteiger partial charge in [0, 0.05) is 34.4 Å². The fourth-order valence-corrected chi connectivity index (χ4v) is 4.65. The molecule has 0 bridgehead atoms. The zero-order chi connectivity index (χ0) is 22.0. The summed E-state index contributed by atoms with van der Waals surface area (Å²) < 4.78 is 40.3. The molecule has 0 atom stereocenters. The molecule has 1 aliphatic heterocycles. The van der Waals surface area contributed by atoms with E-state index in [1.54, 1.807) is 30.8 Å². The van der Waals surface area contributed by atoms with Gasteiger partial charge in [-0.15, -0.1) is 11.8 Å². The lowest BCUT2D eigenvalue weighted by Gasteiger charge is -2.20. The minimum Gasteiger partial charge on any atom is -0.306 e. The van der Waals surface area contributed by atoms with Gasteiger partial charge in [0.2, 0.25) is 0 Å². The van der Waals surface area contributed by atoms with Crippen molar-refractivity contribution in [3.63, 3.8) is 0 Å². The van der Waals surface area contributed by atoms with Crippen LogP contribution in [0.15, 0.2) is 69.8 Å². The molecular formula is C21H17F3N4OS2. The highest BCUT2D eigenvalue weighted by atomic mass is 32.2. The highest BCUT2D eigenvalue weighted by molar-refractivity contribution is 7.99. The van der Waals surface area contributed by atoms with Gasteiger partial charge in [0.05, 0.1) is 17.4 Å². The van der Waals surface area contributed by atoms with Crippen LogP contribution in [-0.4, -0.2) is 28.8 Å². The Morgan fingerprint density at radius 1 is 1.19 bits per heavy atom. The Bertz CT molecular complexity index is 1090. The maximum Gasteiger partial charge on any atom is 0.417 e. The van der Waals surface area contributed by atoms with Gasteiger partial charge in [0.25, 0.3) is 0 Å². The number of hydrogen-bond donors (Lipinski definition) is 1. The van der Waals surface area contributed by atoms with Crippen LogP contribution in [0.1, 0.15) is 11.1 Å². The van der Waals surface area contributed by atoms with Crippen LogP contribution in [0.3, 0.4) is 0 Å². The molecule has 0 saturated carbocycles. The van der Waals surface area contributed by atoms with Crippen LogP contribution in [0.2, 0.25) is 0 Å². The third-order valence-corrected chi connectivity index (χ3v) is 6.40. The van der Waals surface area contributed by atoms with Crippen LogP contribution in [0.5, 0.6) is 0 Å². The molecule has 0 unspecified atom stereocenters. The van der Waals surface area contributed by atoms with E-state index in [2.05, 4.69) is 15.3 Å². The predicted octanol–water partition coefficient (Wildman–Crippen LogP) is 5.96. The Balaban J connectivity index is 1.49. The highest BCUT2D eigenvalue weighted by Gasteiger charge is 2.36. The van der Waals surface area contributed by atoms with E-state index in [1.807, 2.05) is 12.1 Å². The van der Waals surface area contributed by atoms with Crippen LogP contribution in [0.4, 0.5) is 29.3 Å². The van der Waals surface area contributed by atoms with Crippen molar-refractivity contribution in [2.45, 2.75) is 27.4 Å². The third kappa shape index (κ3) is 4.80. The zero-order valence-electron chi connectivity index (χ0n) is 16.3. The van der Waals surface area contributed by atoms with Crippen LogP contribution in [0.25, 0.3) is 0 Å². The molecule has 4 rings (SSSR count). The molecule has 1 N–H and O–H groups in total. The average molecular weight is 463 g/mol. The number of thioether (sulfide) groups is 1. The van der Waals surface area contributed by atoms with Gasteiger partial charge in [-0.05, 0) is 54.6 Å². The first-order chi connectivity index (χ1) is 14.8. The normalized spacial score (nSPS) is 13.2. The second kappa shape index (κ2) is 8.80. The van der Waals surface area contributed by atoms with Crippen molar-refractivity contribution in [2.75, 3.05) is 23.0 Å². The van der Waals surface area contributed by atoms with E-state index in [1.165, 1.54) is 28.9 Å². The Hall–Kier alpha value is -2.72. The standard InChI is InChI=1S/C21H17F3N4OS2/c1-30-18-9-13-6-8-28(17(13)10-16(18)21(22,23)24)20(29)27-14-4-5-19(26-11-14)31-15-3-2-7-25-12-15/h2-5,7,9-12H,6,8H2,1H3,(H,27,29). The SMILES string of the molecule is CSc1cc2c(cc1C(F)(F)F)N(C(=O)Nc1ccc(Sc3cccnc3)nc1)CC2. The Morgan fingerprint density at radius 2 is 2.03 bits per heavy atom. The van der Waals surface area contributed by atoms with Crippen molar-refractivity contribution in [3.8, 4) is 0 Å². The summed E-state index contributed by atoms with van der Waals surface area (Å²) in [5, 5.41) is 3.45. The number of anilines is 2. The summed E-state index contributed by atoms with van der Waals surface area (Å²) in [6.45, 7) is 0.318. The fraction of sp³-hybridized carbons (Fsp3) is 0.190. The molecule has 5 nitrogen and oxygen atoms in total. The molecule has 1 aliphatic rings. The number of urea groups is 1. The maximum atomic E-state index is 13.4. The summed E-state index contributed by atoms with van der Waals surface area (Å²) >= 11 is 2.48. The van der Waals surface area contributed by atoms with Gasteiger partial charge in [-0.3, -0.25) is 9.88 Å². The number of halogens is 3. The molecule has 2 aromatic heterocycles. The fourth-order valence-electron chi connectivity index (χ4n) is 3.25. The third-order valence-electron chi connectivity index (χ3n) is 4.69. The maximum absolute atomic E-state index is 13.4. The number of pyridine rings is 2. The number of rotatable bonds is 4. The van der Waals surface area contributed by atoms with E-state index < -0.39 is 17.8 Å². The smallest absolute Gasteiger partial charge is 0.306 e. The van der Waals surface area contributed by atoms with Crippen molar-refractivity contribution in [2.24, 2.45) is 0 Å². The first-order valence-electron chi connectivity index (χ1n) is 9.25. The molecule has 160 valence electrons. The summed E-state index contributed by atoms with van der Waals surface area (Å²) in [5.74, 6) is 0. The topological polar surface area (TPSA) is 58.1 Å². The van der Waals surface area contributed by atoms with Gasteiger partial charge in [-0.25, -0.2) is 9.78 Å². The lowest BCUT2D eigenvalue weighted by Crippen LogP contribution is -2.33. The van der Waals surface area contributed by atoms with Gasteiger partial charge in [0.15, 0.2) is 0 Å². The average Bonchev–Trinajstić information content (AvgIpc) is 3.17. The van der Waals surface area contributed by atoms with Gasteiger partial charge in [-0.2, -0.15) is 13.2 Å². The van der Waals surface area contributed by atoms with Crippen molar-refractivity contribution in [1.29, 1.82) is 0 Å². The molecule has 10 heteroatoms. The highest BCUT2D eigenvalue weighted by Crippen LogP contribution is 2.42. The van der Waals surface area contributed by atoms with Crippen molar-refractivity contribution in [3.05, 3.63) is 66.1 Å². The minimum atomic E-state index is -4.48. The first-order valence-corrected chi connectivity index (χ1v) is 11.3. The quantitative estimate of drug-likeness (QED) is 0.485. The number of benzene rings is 1. The van der Waals surface area contributed by atoms with Crippen molar-refractivity contribution >= 4 is 40.9 Å². The monoisotopic (exact) mass is 462 g/mol. The zero-order valence-corrected chi connectivity index (χ0v) is 17.9. The van der Waals surface area contributed by atoms with Gasteiger partial charge in [0.1, 0.15) is 5.03 Å². The van der Waals surface area contributed by atoms with E-state index >= 15 is 0 Å². The number of hydrogen-bond acceptors (Lipinski definition) is 5. The molecule has 2 amide bonds. The Kier molecular flexibility index (Phi) is 6.10. The molecule has 0 aliphatic carbocycles. The van der Waals surface area contributed by atoms with E-state index in [-0.39, 0.29) is 4.90 Å². The number of carbonyl (C=O) groups excluding carboxylic acids is 1. The number of nitrogens with one attached hydrogen (secondary N) is 1. The predicted molar refractivity (Wildman–Crippen MR) is 116 cm³/mol. The summed E-state index contributed by atoms with van der Waals surface area (Å²) in [6, 6.07) is 9.32. The van der Waals surface area contributed by atoms with Crippen LogP contribution >= 0.6 is 23.5 Å². The minimum absolute atomic E-state index is 0.166. The van der Waals surface area contributed by atoms with Gasteiger partial charge < -0.3 is 5.32 Å². The number of carbonyl (C=O) groups is 1. The van der Waals surface area contributed by atoms with Crippen molar-refractivity contribution in [1.82, 2.24) is 9.97 Å². The van der Waals surface area contributed by atoms with Gasteiger partial charge in [-0.1, -0.05) is 11.8 Å². The van der Waals surface area contributed by atoms with Crippen LogP contribution in [0, 0.1) is 0 Å². The molecule has 3 heterocycles. The van der Waals surface area contributed by atoms with E-state index in [4.69, 9.17) is 0 Å². The largest absolute Gasteiger partial charge is 0.417 e. The Morgan fingerprint density at radius 3 is 2.68 bits per heavy atom. The van der Waals surface area contributed by atoms with E-state index in [0.29, 0.717) is 24.3 Å². The molecule has 0 spiro atoms. The van der Waals surface area contributed by atoms with E-state index in [0.717, 1.165) is 33.3 Å². The molecular weight excluding hydrogens is 445 g/mol. The number of nitrogens with zero attached hydrogens (tertiary/aromatic N) is 3. The van der Waals surface area contributed by atoms with Crippen LogP contribution in [-0.2, 0) is 12.6 Å². The number of aromatic nitrogens is 2. The first kappa shape index (κ1) is 21.5. The lowest BCUT2D eigenvalue weighted by atomic mass is 10.1. The molecule has 0 radical (unpaired) electrons. The van der Waals surface area contributed by atoms with E-state index in [9.17, 15) is 18.0 Å². The molecule has 0 saturated heterocycles. The second-order valence-corrected chi connectivity index (χ2v) is 8.63. The summed E-state index contributed by atoms with van der Waals surface area (Å²) in [5.41, 5.74) is 0.760. The van der Waals surface area contributed by atoms with Gasteiger partial charge >= 0.3 is 12.2 Å². The second-order valence-electron chi connectivity index (χ2n) is 6.69. The molecule has 31 heavy (non-hydrogen) atoms. The van der Waals surface area contributed by atoms with Crippen molar-refractivity contribution < 1.29 is 18.0 Å². The lowest BCUT2D eigenvalue weighted by molar-refractivity contribution is -0.139. The summed E-state index contributed by atoms with van der Waals surface area (Å²) in [6.07, 6.45) is 2.57. The van der Waals surface area contributed by atoms with Crippen LogP contribution < -0.4 is 10.2 Å². The number of alkyl halides is 3. The molecule has 3 aromatic rings. The molecule has 1 aromatic carbocycles. The summed E-state index contributed by atoms with van der Waals surface area (Å²) in [7, 11) is 0. The number of fused-ring (bicyclic) bond motifs is 1. The summed E-state index contributed by atoms with van der Waals surface area (Å²) in [4.78, 5) is 23.6.